The number of benzene rings is 1. The zero-order valence-corrected chi connectivity index (χ0v) is 14.9. The lowest BCUT2D eigenvalue weighted by atomic mass is 10.1. The van der Waals surface area contributed by atoms with Crippen LogP contribution in [0.1, 0.15) is 27.8 Å². The van der Waals surface area contributed by atoms with Gasteiger partial charge in [-0.3, -0.25) is 14.4 Å². The summed E-state index contributed by atoms with van der Waals surface area (Å²) in [5.74, 6) is 0.880. The Bertz CT molecular complexity index is 921. The number of aromatic nitrogens is 1. The molecule has 3 heterocycles. The van der Waals surface area contributed by atoms with Crippen molar-refractivity contribution < 1.29 is 19.1 Å². The summed E-state index contributed by atoms with van der Waals surface area (Å²) in [4.78, 5) is 42.2. The number of ether oxygens (including phenoxy) is 2. The van der Waals surface area contributed by atoms with Gasteiger partial charge in [-0.25, -0.2) is 0 Å². The van der Waals surface area contributed by atoms with Crippen molar-refractivity contribution in [3.8, 4) is 11.5 Å². The van der Waals surface area contributed by atoms with E-state index in [4.69, 9.17) is 9.47 Å². The van der Waals surface area contributed by atoms with E-state index in [9.17, 15) is 14.4 Å². The van der Waals surface area contributed by atoms with Gasteiger partial charge in [0.15, 0.2) is 11.5 Å². The second kappa shape index (κ2) is 6.49. The molecule has 4 rings (SSSR count). The van der Waals surface area contributed by atoms with E-state index in [1.54, 1.807) is 28.0 Å². The molecule has 0 radical (unpaired) electrons. The molecule has 0 bridgehead atoms. The zero-order chi connectivity index (χ0) is 18.3. The van der Waals surface area contributed by atoms with Crippen LogP contribution in [0.25, 0.3) is 0 Å². The Kier molecular flexibility index (Phi) is 4.15. The Hall–Kier alpha value is -2.81. The Balaban J connectivity index is 1.46. The molecule has 0 unspecified atom stereocenters. The lowest BCUT2D eigenvalue weighted by Gasteiger charge is -2.39. The topological polar surface area (TPSA) is 91.9 Å². The summed E-state index contributed by atoms with van der Waals surface area (Å²) < 4.78 is 10.6. The molecule has 1 atom stereocenters. The second-order valence-corrected chi connectivity index (χ2v) is 7.07. The van der Waals surface area contributed by atoms with Crippen molar-refractivity contribution in [2.45, 2.75) is 13.0 Å². The van der Waals surface area contributed by atoms with Gasteiger partial charge in [-0.1, -0.05) is 11.3 Å². The molecule has 0 aliphatic carbocycles. The van der Waals surface area contributed by atoms with Crippen molar-refractivity contribution >= 4 is 23.2 Å². The fourth-order valence-corrected chi connectivity index (χ4v) is 3.75. The molecule has 136 valence electrons. The van der Waals surface area contributed by atoms with Crippen molar-refractivity contribution in [2.75, 3.05) is 26.4 Å². The maximum Gasteiger partial charge on any atom is 0.305 e. The van der Waals surface area contributed by atoms with E-state index < -0.39 is 0 Å². The number of nitrogens with zero attached hydrogens (tertiary/aromatic N) is 2. The number of nitrogens with one attached hydrogen (secondary N) is 1. The summed E-state index contributed by atoms with van der Waals surface area (Å²) >= 11 is 0.965. The maximum atomic E-state index is 12.8. The van der Waals surface area contributed by atoms with Gasteiger partial charge in [0.2, 0.25) is 6.79 Å². The van der Waals surface area contributed by atoms with E-state index in [1.165, 1.54) is 5.38 Å². The van der Waals surface area contributed by atoms with E-state index >= 15 is 0 Å². The Morgan fingerprint density at radius 1 is 1.19 bits per heavy atom. The number of aromatic amines is 1. The molecule has 1 saturated heterocycles. The summed E-state index contributed by atoms with van der Waals surface area (Å²) in [6.45, 7) is 3.31. The molecule has 26 heavy (non-hydrogen) atoms. The van der Waals surface area contributed by atoms with Gasteiger partial charge in [-0.05, 0) is 25.1 Å². The third kappa shape index (κ3) is 2.94. The molecular weight excluding hydrogens is 358 g/mol. The van der Waals surface area contributed by atoms with E-state index in [1.807, 2.05) is 6.92 Å². The number of hydrogen-bond acceptors (Lipinski definition) is 6. The van der Waals surface area contributed by atoms with Crippen molar-refractivity contribution in [1.82, 2.24) is 14.8 Å². The molecule has 9 heteroatoms. The fourth-order valence-electron chi connectivity index (χ4n) is 3.19. The second-order valence-electron chi connectivity index (χ2n) is 6.23. The molecule has 2 aliphatic rings. The SMILES string of the molecule is C[C@H]1CN(C(=O)c2csc(=O)[nH]2)CCN1C(=O)c1ccc2c(c1)OCO2. The lowest BCUT2D eigenvalue weighted by molar-refractivity contribution is 0.0412. The standard InChI is InChI=1S/C17H17N3O5S/c1-10-7-19(16(22)12-8-26-17(23)18-12)4-5-20(10)15(21)11-2-3-13-14(6-11)25-9-24-13/h2-3,6,8,10H,4-5,7,9H2,1H3,(H,18,23)/t10-/m0/s1. The van der Waals surface area contributed by atoms with E-state index in [-0.39, 0.29) is 29.5 Å². The molecular formula is C17H17N3O5S. The highest BCUT2D eigenvalue weighted by Crippen LogP contribution is 2.33. The quantitative estimate of drug-likeness (QED) is 0.850. The van der Waals surface area contributed by atoms with Gasteiger partial charge >= 0.3 is 4.87 Å². The Morgan fingerprint density at radius 2 is 2.00 bits per heavy atom. The van der Waals surface area contributed by atoms with Crippen LogP contribution in [0.2, 0.25) is 0 Å². The first-order chi connectivity index (χ1) is 12.5. The molecule has 1 aromatic heterocycles. The molecule has 8 nitrogen and oxygen atoms in total. The monoisotopic (exact) mass is 375 g/mol. The highest BCUT2D eigenvalue weighted by Gasteiger charge is 2.31. The largest absolute Gasteiger partial charge is 0.454 e. The van der Waals surface area contributed by atoms with Gasteiger partial charge in [0, 0.05) is 36.6 Å². The number of piperazine rings is 1. The third-order valence-electron chi connectivity index (χ3n) is 4.55. The van der Waals surface area contributed by atoms with E-state index in [2.05, 4.69) is 4.98 Å². The highest BCUT2D eigenvalue weighted by atomic mass is 32.1. The molecule has 2 aromatic rings. The summed E-state index contributed by atoms with van der Waals surface area (Å²) in [5.41, 5.74) is 0.825. The Labute approximate surface area is 152 Å². The van der Waals surface area contributed by atoms with Gasteiger partial charge in [-0.15, -0.1) is 0 Å². The number of carbonyl (C=O) groups excluding carboxylic acids is 2. The van der Waals surface area contributed by atoms with Crippen molar-refractivity contribution in [3.63, 3.8) is 0 Å². The first-order valence-corrected chi connectivity index (χ1v) is 9.08. The molecule has 0 spiro atoms. The first-order valence-electron chi connectivity index (χ1n) is 8.20. The van der Waals surface area contributed by atoms with Gasteiger partial charge in [0.05, 0.1) is 0 Å². The van der Waals surface area contributed by atoms with Gasteiger partial charge in [-0.2, -0.15) is 0 Å². The van der Waals surface area contributed by atoms with Crippen LogP contribution >= 0.6 is 11.3 Å². The third-order valence-corrected chi connectivity index (χ3v) is 5.22. The van der Waals surface area contributed by atoms with Crippen LogP contribution in [0.5, 0.6) is 11.5 Å². The van der Waals surface area contributed by atoms with Crippen LogP contribution in [-0.2, 0) is 0 Å². The number of fused-ring (bicyclic) bond motifs is 1. The number of hydrogen-bond donors (Lipinski definition) is 1. The van der Waals surface area contributed by atoms with Gasteiger partial charge < -0.3 is 24.3 Å². The summed E-state index contributed by atoms with van der Waals surface area (Å²) in [5, 5.41) is 1.53. The lowest BCUT2D eigenvalue weighted by Crippen LogP contribution is -2.55. The normalized spacial score (nSPS) is 18.9. The molecule has 2 aliphatic heterocycles. The smallest absolute Gasteiger partial charge is 0.305 e. The molecule has 0 saturated carbocycles. The number of carbonyl (C=O) groups is 2. The van der Waals surface area contributed by atoms with Crippen molar-refractivity contribution in [3.05, 3.63) is 44.5 Å². The average molecular weight is 375 g/mol. The molecule has 1 N–H and O–H groups in total. The van der Waals surface area contributed by atoms with Crippen LogP contribution in [-0.4, -0.2) is 59.1 Å². The first kappa shape index (κ1) is 16.6. The number of amides is 2. The van der Waals surface area contributed by atoms with Crippen LogP contribution in [0.4, 0.5) is 0 Å². The van der Waals surface area contributed by atoms with Crippen LogP contribution in [0.3, 0.4) is 0 Å². The number of H-pyrrole nitrogens is 1. The van der Waals surface area contributed by atoms with Crippen molar-refractivity contribution in [2.24, 2.45) is 0 Å². The van der Waals surface area contributed by atoms with Gasteiger partial charge in [0.1, 0.15) is 5.69 Å². The van der Waals surface area contributed by atoms with Crippen molar-refractivity contribution in [1.29, 1.82) is 0 Å². The molecule has 2 amide bonds. The predicted octanol–water partition coefficient (Wildman–Crippen LogP) is 1.15. The van der Waals surface area contributed by atoms with Gasteiger partial charge in [0.25, 0.3) is 11.8 Å². The van der Waals surface area contributed by atoms with Crippen LogP contribution < -0.4 is 14.3 Å². The fraction of sp³-hybridized carbons (Fsp3) is 0.353. The summed E-state index contributed by atoms with van der Waals surface area (Å²) in [6, 6.07) is 4.99. The summed E-state index contributed by atoms with van der Waals surface area (Å²) in [7, 11) is 0. The predicted molar refractivity (Wildman–Crippen MR) is 93.9 cm³/mol. The highest BCUT2D eigenvalue weighted by molar-refractivity contribution is 7.07. The minimum Gasteiger partial charge on any atom is -0.454 e. The van der Waals surface area contributed by atoms with Crippen LogP contribution in [0, 0.1) is 0 Å². The minimum absolute atomic E-state index is 0.105. The molecule has 1 fully saturated rings. The number of thiazole rings is 1. The molecule has 1 aromatic carbocycles. The van der Waals surface area contributed by atoms with E-state index in [0.717, 1.165) is 11.3 Å². The zero-order valence-electron chi connectivity index (χ0n) is 14.1. The number of rotatable bonds is 2. The average Bonchev–Trinajstić information content (AvgIpc) is 3.28. The minimum atomic E-state index is -0.252. The van der Waals surface area contributed by atoms with E-state index in [0.29, 0.717) is 42.4 Å². The Morgan fingerprint density at radius 3 is 2.73 bits per heavy atom. The van der Waals surface area contributed by atoms with Crippen LogP contribution in [0.15, 0.2) is 28.4 Å². The maximum absolute atomic E-state index is 12.8. The summed E-state index contributed by atoms with van der Waals surface area (Å²) in [6.07, 6.45) is 0.